The molecular weight excluding hydrogens is 285 g/mol. The standard InChI is InChI=1S/C13H13ClFN3O2/c1-18(6-5-12-16-8-20-17-12)13(19)7-9-10(14)3-2-4-11(9)15/h2-4,8H,5-7H2,1H3. The van der Waals surface area contributed by atoms with E-state index >= 15 is 0 Å². The number of likely N-dealkylation sites (N-methyl/N-ethyl adjacent to an activating group) is 1. The normalized spacial score (nSPS) is 10.6. The Morgan fingerprint density at radius 1 is 1.50 bits per heavy atom. The predicted molar refractivity (Wildman–Crippen MR) is 70.8 cm³/mol. The van der Waals surface area contributed by atoms with Crippen LogP contribution >= 0.6 is 11.6 Å². The first-order chi connectivity index (χ1) is 9.58. The molecule has 1 aromatic heterocycles. The molecule has 0 N–H and O–H groups in total. The molecule has 106 valence electrons. The number of benzene rings is 1. The fourth-order valence-corrected chi connectivity index (χ4v) is 1.91. The molecule has 1 amide bonds. The van der Waals surface area contributed by atoms with E-state index in [1.807, 2.05) is 0 Å². The molecule has 0 aliphatic heterocycles. The molecule has 0 bridgehead atoms. The van der Waals surface area contributed by atoms with E-state index in [9.17, 15) is 9.18 Å². The number of hydrogen-bond acceptors (Lipinski definition) is 4. The topological polar surface area (TPSA) is 59.2 Å². The average Bonchev–Trinajstić information content (AvgIpc) is 2.93. The second kappa shape index (κ2) is 6.47. The van der Waals surface area contributed by atoms with Crippen molar-refractivity contribution in [2.24, 2.45) is 0 Å². The summed E-state index contributed by atoms with van der Waals surface area (Å²) in [5, 5.41) is 3.91. The van der Waals surface area contributed by atoms with Gasteiger partial charge in [0.05, 0.1) is 6.42 Å². The molecule has 1 heterocycles. The molecule has 20 heavy (non-hydrogen) atoms. The van der Waals surface area contributed by atoms with Crippen LogP contribution in [0.3, 0.4) is 0 Å². The smallest absolute Gasteiger partial charge is 0.226 e. The van der Waals surface area contributed by atoms with Gasteiger partial charge in [0.2, 0.25) is 12.3 Å². The van der Waals surface area contributed by atoms with Gasteiger partial charge in [-0.1, -0.05) is 22.8 Å². The first-order valence-corrected chi connectivity index (χ1v) is 6.38. The van der Waals surface area contributed by atoms with Gasteiger partial charge in [-0.3, -0.25) is 4.79 Å². The van der Waals surface area contributed by atoms with E-state index in [0.29, 0.717) is 18.8 Å². The summed E-state index contributed by atoms with van der Waals surface area (Å²) < 4.78 is 18.2. The summed E-state index contributed by atoms with van der Waals surface area (Å²) in [7, 11) is 1.64. The van der Waals surface area contributed by atoms with Crippen molar-refractivity contribution in [3.05, 3.63) is 46.8 Å². The summed E-state index contributed by atoms with van der Waals surface area (Å²) in [6, 6.07) is 4.35. The Kier molecular flexibility index (Phi) is 4.68. The molecule has 0 spiro atoms. The summed E-state index contributed by atoms with van der Waals surface area (Å²) in [5.41, 5.74) is 0.213. The molecule has 0 radical (unpaired) electrons. The number of amides is 1. The Morgan fingerprint density at radius 2 is 2.30 bits per heavy atom. The van der Waals surface area contributed by atoms with E-state index in [1.165, 1.54) is 23.4 Å². The summed E-state index contributed by atoms with van der Waals surface area (Å²) in [6.45, 7) is 0.421. The molecule has 0 saturated heterocycles. The third-order valence-corrected chi connectivity index (χ3v) is 3.25. The van der Waals surface area contributed by atoms with Gasteiger partial charge in [-0.05, 0) is 12.1 Å². The van der Waals surface area contributed by atoms with Gasteiger partial charge in [0.25, 0.3) is 0 Å². The number of aromatic nitrogens is 2. The summed E-state index contributed by atoms with van der Waals surface area (Å²) in [5.74, 6) is -0.175. The Bertz CT molecular complexity index is 569. The number of halogens is 2. The first kappa shape index (κ1) is 14.5. The summed E-state index contributed by atoms with van der Waals surface area (Å²) >= 11 is 5.89. The van der Waals surface area contributed by atoms with Crippen LogP contribution in [0.2, 0.25) is 5.02 Å². The molecule has 0 aliphatic carbocycles. The zero-order valence-electron chi connectivity index (χ0n) is 10.8. The van der Waals surface area contributed by atoms with E-state index in [1.54, 1.807) is 13.1 Å². The fraction of sp³-hybridized carbons (Fsp3) is 0.308. The number of nitrogens with zero attached hydrogens (tertiary/aromatic N) is 3. The van der Waals surface area contributed by atoms with Crippen LogP contribution in [0.1, 0.15) is 11.4 Å². The largest absolute Gasteiger partial charge is 0.345 e. The maximum Gasteiger partial charge on any atom is 0.226 e. The van der Waals surface area contributed by atoms with Crippen molar-refractivity contribution in [3.8, 4) is 0 Å². The lowest BCUT2D eigenvalue weighted by atomic mass is 10.1. The minimum atomic E-state index is -0.475. The molecule has 0 saturated carbocycles. The first-order valence-electron chi connectivity index (χ1n) is 6.00. The Balaban J connectivity index is 1.94. The van der Waals surface area contributed by atoms with Crippen LogP contribution in [0, 0.1) is 5.82 Å². The van der Waals surface area contributed by atoms with Gasteiger partial charge < -0.3 is 9.42 Å². The summed E-state index contributed by atoms with van der Waals surface area (Å²) in [4.78, 5) is 17.4. The zero-order chi connectivity index (χ0) is 14.5. The Morgan fingerprint density at radius 3 is 2.95 bits per heavy atom. The van der Waals surface area contributed by atoms with Crippen molar-refractivity contribution >= 4 is 17.5 Å². The van der Waals surface area contributed by atoms with Crippen molar-refractivity contribution in [2.75, 3.05) is 13.6 Å². The maximum atomic E-state index is 13.6. The highest BCUT2D eigenvalue weighted by Crippen LogP contribution is 2.19. The Labute approximate surface area is 120 Å². The van der Waals surface area contributed by atoms with E-state index in [0.717, 1.165) is 0 Å². The zero-order valence-corrected chi connectivity index (χ0v) is 11.6. The van der Waals surface area contributed by atoms with Crippen LogP contribution in [-0.2, 0) is 17.6 Å². The second-order valence-electron chi connectivity index (χ2n) is 4.29. The highest BCUT2D eigenvalue weighted by Gasteiger charge is 2.15. The van der Waals surface area contributed by atoms with Crippen molar-refractivity contribution < 1.29 is 13.7 Å². The molecule has 2 rings (SSSR count). The van der Waals surface area contributed by atoms with Crippen molar-refractivity contribution in [2.45, 2.75) is 12.8 Å². The lowest BCUT2D eigenvalue weighted by molar-refractivity contribution is -0.129. The predicted octanol–water partition coefficient (Wildman–Crippen LogP) is 2.11. The molecule has 2 aromatic rings. The van der Waals surface area contributed by atoms with Gasteiger partial charge >= 0.3 is 0 Å². The van der Waals surface area contributed by atoms with Crippen LogP contribution in [-0.4, -0.2) is 34.5 Å². The molecule has 0 atom stereocenters. The Hall–Kier alpha value is -1.95. The van der Waals surface area contributed by atoms with Gasteiger partial charge in [-0.25, -0.2) is 4.39 Å². The van der Waals surface area contributed by atoms with Crippen LogP contribution in [0.25, 0.3) is 0 Å². The van der Waals surface area contributed by atoms with Crippen LogP contribution in [0.5, 0.6) is 0 Å². The quantitative estimate of drug-likeness (QED) is 0.848. The number of rotatable bonds is 5. The van der Waals surface area contributed by atoms with Gasteiger partial charge in [0.15, 0.2) is 5.82 Å². The fourth-order valence-electron chi connectivity index (χ4n) is 1.68. The van der Waals surface area contributed by atoms with Gasteiger partial charge in [0, 0.05) is 30.6 Å². The number of hydrogen-bond donors (Lipinski definition) is 0. The molecule has 1 aromatic carbocycles. The van der Waals surface area contributed by atoms with E-state index in [2.05, 4.69) is 14.7 Å². The molecule has 5 nitrogen and oxygen atoms in total. The molecular formula is C13H13ClFN3O2. The van der Waals surface area contributed by atoms with Crippen molar-refractivity contribution in [3.63, 3.8) is 0 Å². The SMILES string of the molecule is CN(CCc1ncon1)C(=O)Cc1c(F)cccc1Cl. The molecule has 0 fully saturated rings. The highest BCUT2D eigenvalue weighted by atomic mass is 35.5. The third-order valence-electron chi connectivity index (χ3n) is 2.89. The van der Waals surface area contributed by atoms with Crippen LogP contribution in [0.15, 0.2) is 29.1 Å². The molecule has 0 unspecified atom stereocenters. The van der Waals surface area contributed by atoms with Gasteiger partial charge in [-0.2, -0.15) is 4.98 Å². The lowest BCUT2D eigenvalue weighted by Gasteiger charge is -2.16. The number of carbonyl (C=O) groups is 1. The second-order valence-corrected chi connectivity index (χ2v) is 4.70. The van der Waals surface area contributed by atoms with Crippen molar-refractivity contribution in [1.29, 1.82) is 0 Å². The number of carbonyl (C=O) groups excluding carboxylic acids is 1. The average molecular weight is 298 g/mol. The van der Waals surface area contributed by atoms with E-state index in [4.69, 9.17) is 11.6 Å². The molecule has 7 heteroatoms. The van der Waals surface area contributed by atoms with Crippen molar-refractivity contribution in [1.82, 2.24) is 15.0 Å². The minimum Gasteiger partial charge on any atom is -0.345 e. The molecule has 0 aliphatic rings. The minimum absolute atomic E-state index is 0.0751. The van der Waals surface area contributed by atoms with Crippen LogP contribution < -0.4 is 0 Å². The third kappa shape index (κ3) is 3.54. The van der Waals surface area contributed by atoms with Gasteiger partial charge in [-0.15, -0.1) is 0 Å². The van der Waals surface area contributed by atoms with E-state index in [-0.39, 0.29) is 22.9 Å². The highest BCUT2D eigenvalue weighted by molar-refractivity contribution is 6.31. The van der Waals surface area contributed by atoms with Crippen LogP contribution in [0.4, 0.5) is 4.39 Å². The van der Waals surface area contributed by atoms with E-state index < -0.39 is 5.82 Å². The summed E-state index contributed by atoms with van der Waals surface area (Å²) in [6.07, 6.45) is 1.63. The monoisotopic (exact) mass is 297 g/mol. The van der Waals surface area contributed by atoms with Gasteiger partial charge in [0.1, 0.15) is 5.82 Å². The maximum absolute atomic E-state index is 13.6. The lowest BCUT2D eigenvalue weighted by Crippen LogP contribution is -2.30.